The van der Waals surface area contributed by atoms with Crippen LogP contribution in [0.1, 0.15) is 33.4 Å². The van der Waals surface area contributed by atoms with Crippen molar-refractivity contribution in [3.05, 3.63) is 246 Å². The zero-order valence-corrected chi connectivity index (χ0v) is 31.7. The highest BCUT2D eigenvalue weighted by atomic mass is 15.1. The third kappa shape index (κ3) is 5.55. The third-order valence-corrected chi connectivity index (χ3v) is 11.7. The van der Waals surface area contributed by atoms with E-state index in [1.165, 1.54) is 77.5 Å². The first-order valence-electron chi connectivity index (χ1n) is 19.5. The van der Waals surface area contributed by atoms with E-state index in [9.17, 15) is 0 Å². The monoisotopic (exact) mass is 715 g/mol. The van der Waals surface area contributed by atoms with Crippen LogP contribution < -0.4 is 4.90 Å². The molecule has 0 spiro atoms. The molecule has 10 rings (SSSR count). The Morgan fingerprint density at radius 3 is 1.36 bits per heavy atom. The summed E-state index contributed by atoms with van der Waals surface area (Å²) in [6, 6.07) is 78.4. The highest BCUT2D eigenvalue weighted by Crippen LogP contribution is 2.59. The maximum absolute atomic E-state index is 2.47. The first-order chi connectivity index (χ1) is 27.6. The van der Waals surface area contributed by atoms with Crippen LogP contribution in [0.5, 0.6) is 0 Å². The highest BCUT2D eigenvalue weighted by Gasteiger charge is 2.47. The molecule has 0 fully saturated rings. The Bertz CT molecular complexity index is 2690. The predicted octanol–water partition coefficient (Wildman–Crippen LogP) is 14.6. The van der Waals surface area contributed by atoms with Crippen molar-refractivity contribution in [1.82, 2.24) is 0 Å². The molecule has 9 aromatic carbocycles. The zero-order valence-electron chi connectivity index (χ0n) is 31.7. The predicted molar refractivity (Wildman–Crippen MR) is 236 cm³/mol. The van der Waals surface area contributed by atoms with E-state index >= 15 is 0 Å². The van der Waals surface area contributed by atoms with Crippen LogP contribution in [0.3, 0.4) is 0 Å². The fourth-order valence-electron chi connectivity index (χ4n) is 8.93. The summed E-state index contributed by atoms with van der Waals surface area (Å²) in [4.78, 5) is 2.42. The molecule has 0 aromatic heterocycles. The van der Waals surface area contributed by atoms with Crippen LogP contribution in [0.15, 0.2) is 212 Å². The number of rotatable bonds is 7. The molecule has 0 amide bonds. The topological polar surface area (TPSA) is 3.24 Å². The van der Waals surface area contributed by atoms with Gasteiger partial charge in [0.2, 0.25) is 0 Å². The average Bonchev–Trinajstić information content (AvgIpc) is 3.56. The van der Waals surface area contributed by atoms with E-state index in [1.54, 1.807) is 0 Å². The minimum absolute atomic E-state index is 0.536. The molecule has 9 aromatic rings. The number of benzene rings is 9. The van der Waals surface area contributed by atoms with Gasteiger partial charge in [0.05, 0.1) is 5.41 Å². The number of anilines is 3. The summed E-state index contributed by atoms with van der Waals surface area (Å²) in [5.41, 5.74) is 17.9. The number of nitrogens with zero attached hydrogens (tertiary/aromatic N) is 1. The molecule has 56 heavy (non-hydrogen) atoms. The summed E-state index contributed by atoms with van der Waals surface area (Å²) < 4.78 is 0. The Balaban J connectivity index is 1.23. The normalized spacial score (nSPS) is 12.6. The second-order valence-corrected chi connectivity index (χ2v) is 15.1. The third-order valence-electron chi connectivity index (χ3n) is 11.7. The molecule has 0 bridgehead atoms. The van der Waals surface area contributed by atoms with Crippen LogP contribution in [0.2, 0.25) is 0 Å². The Hall–Kier alpha value is -6.96. The van der Waals surface area contributed by atoms with Crippen molar-refractivity contribution in [2.24, 2.45) is 0 Å². The Kier molecular flexibility index (Phi) is 8.23. The molecule has 266 valence electrons. The van der Waals surface area contributed by atoms with E-state index in [1.807, 2.05) is 0 Å². The second-order valence-electron chi connectivity index (χ2n) is 15.1. The fraction of sp³-hybridized carbons (Fsp3) is 0.0545. The molecule has 0 aliphatic heterocycles. The van der Waals surface area contributed by atoms with E-state index < -0.39 is 5.41 Å². The van der Waals surface area contributed by atoms with Gasteiger partial charge < -0.3 is 4.90 Å². The van der Waals surface area contributed by atoms with Crippen molar-refractivity contribution >= 4 is 27.8 Å². The van der Waals surface area contributed by atoms with Crippen LogP contribution in [-0.4, -0.2) is 0 Å². The van der Waals surface area contributed by atoms with Crippen LogP contribution in [0.25, 0.3) is 44.2 Å². The van der Waals surface area contributed by atoms with Gasteiger partial charge in [0.25, 0.3) is 0 Å². The number of fused-ring (bicyclic) bond motifs is 5. The Morgan fingerprint density at radius 2 is 0.821 bits per heavy atom. The highest BCUT2D eigenvalue weighted by molar-refractivity contribution is 6.04. The van der Waals surface area contributed by atoms with Crippen LogP contribution in [0.4, 0.5) is 17.1 Å². The Labute approximate surface area is 329 Å². The van der Waals surface area contributed by atoms with Gasteiger partial charge in [-0.2, -0.15) is 0 Å². The van der Waals surface area contributed by atoms with Gasteiger partial charge in [0, 0.05) is 17.1 Å². The molecule has 0 saturated heterocycles. The van der Waals surface area contributed by atoms with E-state index in [0.29, 0.717) is 0 Å². The van der Waals surface area contributed by atoms with Gasteiger partial charge in [-0.05, 0) is 117 Å². The average molecular weight is 716 g/mol. The summed E-state index contributed by atoms with van der Waals surface area (Å²) in [5, 5.41) is 2.54. The molecule has 0 N–H and O–H groups in total. The van der Waals surface area contributed by atoms with Gasteiger partial charge in [0.15, 0.2) is 0 Å². The molecular weight excluding hydrogens is 675 g/mol. The van der Waals surface area contributed by atoms with Gasteiger partial charge in [-0.1, -0.05) is 187 Å². The van der Waals surface area contributed by atoms with Crippen molar-refractivity contribution in [3.63, 3.8) is 0 Å². The second kappa shape index (κ2) is 13.7. The first-order valence-corrected chi connectivity index (χ1v) is 19.5. The molecule has 0 radical (unpaired) electrons. The molecule has 1 aliphatic rings. The maximum Gasteiger partial charge on any atom is 0.0714 e. The SMILES string of the molecule is Cc1ccc(C2(c3ccc(C)cc3)c3cc(N(c4ccc(-c5ccccc5)cc4)c4ccc(-c5ccccc5)cc4)ccc3-c3c2ccc2ccccc32)cc1. The fourth-order valence-corrected chi connectivity index (χ4v) is 8.93. The lowest BCUT2D eigenvalue weighted by molar-refractivity contribution is 0.768. The molecule has 0 unspecified atom stereocenters. The largest absolute Gasteiger partial charge is 0.310 e. The van der Waals surface area contributed by atoms with Crippen LogP contribution in [0, 0.1) is 13.8 Å². The zero-order chi connectivity index (χ0) is 37.6. The quantitative estimate of drug-likeness (QED) is 0.159. The van der Waals surface area contributed by atoms with Crippen molar-refractivity contribution < 1.29 is 0 Å². The van der Waals surface area contributed by atoms with Gasteiger partial charge >= 0.3 is 0 Å². The van der Waals surface area contributed by atoms with Crippen LogP contribution in [-0.2, 0) is 5.41 Å². The lowest BCUT2D eigenvalue weighted by Crippen LogP contribution is -2.29. The molecular formula is C55H41N. The summed E-state index contributed by atoms with van der Waals surface area (Å²) in [7, 11) is 0. The molecule has 0 saturated carbocycles. The van der Waals surface area contributed by atoms with Gasteiger partial charge in [0.1, 0.15) is 0 Å². The summed E-state index contributed by atoms with van der Waals surface area (Å²) in [6.07, 6.45) is 0. The lowest BCUT2D eigenvalue weighted by atomic mass is 9.67. The molecule has 1 aliphatic carbocycles. The van der Waals surface area contributed by atoms with Gasteiger partial charge in [-0.3, -0.25) is 0 Å². The minimum atomic E-state index is -0.536. The summed E-state index contributed by atoms with van der Waals surface area (Å²) in [5.74, 6) is 0. The van der Waals surface area contributed by atoms with E-state index in [4.69, 9.17) is 0 Å². The molecule has 0 atom stereocenters. The lowest BCUT2D eigenvalue weighted by Gasteiger charge is -2.35. The maximum atomic E-state index is 2.47. The van der Waals surface area contributed by atoms with Gasteiger partial charge in [-0.15, -0.1) is 0 Å². The molecule has 0 heterocycles. The standard InChI is InChI=1S/C55H41N/c1-38-17-26-45(27-18-38)55(46-28-19-39(2)20-29-46)52-36-25-44-15-9-10-16-50(44)54(52)51-35-34-49(37-53(51)55)56(47-30-21-42(22-31-47)40-11-5-3-6-12-40)48-32-23-43(24-33-48)41-13-7-4-8-14-41/h3-37H,1-2H3. The van der Waals surface area contributed by atoms with Crippen molar-refractivity contribution in [2.45, 2.75) is 19.3 Å². The van der Waals surface area contributed by atoms with E-state index in [0.717, 1.165) is 17.1 Å². The van der Waals surface area contributed by atoms with Crippen molar-refractivity contribution in [2.75, 3.05) is 4.90 Å². The summed E-state index contributed by atoms with van der Waals surface area (Å²) in [6.45, 7) is 4.35. The molecule has 1 heteroatoms. The number of aryl methyl sites for hydroxylation is 2. The van der Waals surface area contributed by atoms with Gasteiger partial charge in [-0.25, -0.2) is 0 Å². The van der Waals surface area contributed by atoms with Crippen molar-refractivity contribution in [1.29, 1.82) is 0 Å². The number of hydrogen-bond donors (Lipinski definition) is 0. The van der Waals surface area contributed by atoms with E-state index in [2.05, 4.69) is 231 Å². The number of hydrogen-bond acceptors (Lipinski definition) is 1. The van der Waals surface area contributed by atoms with Crippen molar-refractivity contribution in [3.8, 4) is 33.4 Å². The first kappa shape index (κ1) is 33.6. The van der Waals surface area contributed by atoms with Crippen LogP contribution >= 0.6 is 0 Å². The minimum Gasteiger partial charge on any atom is -0.310 e. The Morgan fingerprint density at radius 1 is 0.357 bits per heavy atom. The van der Waals surface area contributed by atoms with E-state index in [-0.39, 0.29) is 0 Å². The molecule has 1 nitrogen and oxygen atoms in total. The smallest absolute Gasteiger partial charge is 0.0714 e. The summed E-state index contributed by atoms with van der Waals surface area (Å²) >= 11 is 0.